The lowest BCUT2D eigenvalue weighted by Gasteiger charge is -2.21. The fourth-order valence-electron chi connectivity index (χ4n) is 3.76. The van der Waals surface area contributed by atoms with E-state index >= 15 is 0 Å². The largest absolute Gasteiger partial charge is 0.466 e. The van der Waals surface area contributed by atoms with Crippen LogP contribution < -0.4 is 0 Å². The smallest absolute Gasteiger partial charge is 0.307 e. The van der Waals surface area contributed by atoms with Crippen molar-refractivity contribution in [2.75, 3.05) is 13.2 Å². The number of carbonyl (C=O) groups is 2. The third kappa shape index (κ3) is 4.34. The summed E-state index contributed by atoms with van der Waals surface area (Å²) in [5.41, 5.74) is 2.93. The Balaban J connectivity index is 1.62. The van der Waals surface area contributed by atoms with Gasteiger partial charge in [-0.1, -0.05) is 48.5 Å². The number of benzene rings is 2. The molecule has 1 heterocycles. The minimum absolute atomic E-state index is 0.000176. The fraction of sp³-hybridized carbons (Fsp3) is 0.333. The molecule has 1 aliphatic rings. The predicted molar refractivity (Wildman–Crippen MR) is 113 cm³/mol. The van der Waals surface area contributed by atoms with Crippen LogP contribution in [0, 0.1) is 0 Å². The van der Waals surface area contributed by atoms with Crippen LogP contribution in [0.1, 0.15) is 42.1 Å². The second-order valence-electron chi connectivity index (χ2n) is 7.46. The summed E-state index contributed by atoms with van der Waals surface area (Å²) >= 11 is 0. The zero-order valence-electron chi connectivity index (χ0n) is 16.7. The summed E-state index contributed by atoms with van der Waals surface area (Å²) < 4.78 is 7.17. The number of hydrogen-bond donors (Lipinski definition) is 0. The topological polar surface area (TPSA) is 51.5 Å². The maximum Gasteiger partial charge on any atom is 0.307 e. The molecule has 0 radical (unpaired) electrons. The number of para-hydroxylation sites is 1. The van der Waals surface area contributed by atoms with Gasteiger partial charge in [0.2, 0.25) is 0 Å². The summed E-state index contributed by atoms with van der Waals surface area (Å²) in [5, 5.41) is 0.954. The molecule has 0 saturated heterocycles. The first-order valence-electron chi connectivity index (χ1n) is 10.3. The van der Waals surface area contributed by atoms with Crippen molar-refractivity contribution in [2.24, 2.45) is 0 Å². The molecule has 1 amide bonds. The molecule has 0 N–H and O–H groups in total. The van der Waals surface area contributed by atoms with Crippen LogP contribution in [0.2, 0.25) is 0 Å². The van der Waals surface area contributed by atoms with Gasteiger partial charge < -0.3 is 14.2 Å². The Bertz CT molecular complexity index is 1010. The normalized spacial score (nSPS) is 13.4. The highest BCUT2D eigenvalue weighted by atomic mass is 16.5. The standard InChI is InChI=1S/C24H26N2O3/c1-2-29-23(27)14-15-26(19-12-13-19)24(28)21-17-25(16-18-8-4-3-5-9-18)22-11-7-6-10-20(21)22/h3-11,17,19H,2,12-16H2,1H3. The summed E-state index contributed by atoms with van der Waals surface area (Å²) in [6.07, 6.45) is 4.19. The van der Waals surface area contributed by atoms with Gasteiger partial charge in [-0.05, 0) is 31.4 Å². The van der Waals surface area contributed by atoms with E-state index in [4.69, 9.17) is 4.74 Å². The second kappa shape index (κ2) is 8.52. The summed E-state index contributed by atoms with van der Waals surface area (Å²) in [4.78, 5) is 27.1. The van der Waals surface area contributed by atoms with E-state index in [1.165, 1.54) is 5.56 Å². The summed E-state index contributed by atoms with van der Waals surface area (Å²) in [6, 6.07) is 18.5. The van der Waals surface area contributed by atoms with Gasteiger partial charge in [-0.3, -0.25) is 9.59 Å². The van der Waals surface area contributed by atoms with Crippen LogP contribution in [-0.4, -0.2) is 40.5 Å². The number of carbonyl (C=O) groups excluding carboxylic acids is 2. The molecule has 0 aliphatic heterocycles. The van der Waals surface area contributed by atoms with Gasteiger partial charge in [0.05, 0.1) is 18.6 Å². The van der Waals surface area contributed by atoms with Crippen LogP contribution in [0.3, 0.4) is 0 Å². The van der Waals surface area contributed by atoms with Gasteiger partial charge in [0, 0.05) is 36.2 Å². The van der Waals surface area contributed by atoms with Crippen LogP contribution in [0.4, 0.5) is 0 Å². The predicted octanol–water partition coefficient (Wildman–Crippen LogP) is 4.25. The molecular weight excluding hydrogens is 364 g/mol. The Kier molecular flexibility index (Phi) is 5.65. The molecule has 3 aromatic rings. The maximum atomic E-state index is 13.4. The van der Waals surface area contributed by atoms with Crippen LogP contribution in [0.15, 0.2) is 60.8 Å². The first kappa shape index (κ1) is 19.2. The third-order valence-electron chi connectivity index (χ3n) is 5.33. The molecule has 0 atom stereocenters. The number of amides is 1. The molecule has 1 saturated carbocycles. The Morgan fingerprint density at radius 3 is 2.52 bits per heavy atom. The van der Waals surface area contributed by atoms with E-state index in [2.05, 4.69) is 22.8 Å². The number of rotatable bonds is 8. The minimum Gasteiger partial charge on any atom is -0.466 e. The zero-order chi connectivity index (χ0) is 20.2. The van der Waals surface area contributed by atoms with Crippen LogP contribution in [0.5, 0.6) is 0 Å². The Hall–Kier alpha value is -3.08. The summed E-state index contributed by atoms with van der Waals surface area (Å²) in [5.74, 6) is -0.253. The summed E-state index contributed by atoms with van der Waals surface area (Å²) in [6.45, 7) is 3.27. The number of nitrogens with zero attached hydrogens (tertiary/aromatic N) is 2. The monoisotopic (exact) mass is 390 g/mol. The number of ether oxygens (including phenoxy) is 1. The molecule has 0 bridgehead atoms. The van der Waals surface area contributed by atoms with Crippen molar-refractivity contribution in [3.8, 4) is 0 Å². The maximum absolute atomic E-state index is 13.4. The van der Waals surface area contributed by atoms with Crippen molar-refractivity contribution in [3.05, 3.63) is 71.9 Å². The lowest BCUT2D eigenvalue weighted by molar-refractivity contribution is -0.143. The van der Waals surface area contributed by atoms with Gasteiger partial charge in [0.25, 0.3) is 5.91 Å². The van der Waals surface area contributed by atoms with Gasteiger partial charge in [-0.2, -0.15) is 0 Å². The second-order valence-corrected chi connectivity index (χ2v) is 7.46. The first-order chi connectivity index (χ1) is 14.2. The van der Waals surface area contributed by atoms with Crippen molar-refractivity contribution in [2.45, 2.75) is 38.8 Å². The molecule has 1 aliphatic carbocycles. The van der Waals surface area contributed by atoms with Gasteiger partial charge in [-0.15, -0.1) is 0 Å². The molecule has 0 unspecified atom stereocenters. The van der Waals surface area contributed by atoms with Gasteiger partial charge in [0.1, 0.15) is 0 Å². The van der Waals surface area contributed by atoms with E-state index in [1.54, 1.807) is 6.92 Å². The van der Waals surface area contributed by atoms with Gasteiger partial charge >= 0.3 is 5.97 Å². The molecule has 29 heavy (non-hydrogen) atoms. The van der Waals surface area contributed by atoms with E-state index in [0.717, 1.165) is 23.7 Å². The van der Waals surface area contributed by atoms with Crippen molar-refractivity contribution in [1.82, 2.24) is 9.47 Å². The van der Waals surface area contributed by atoms with Crippen molar-refractivity contribution in [1.29, 1.82) is 0 Å². The minimum atomic E-state index is -0.252. The highest BCUT2D eigenvalue weighted by Crippen LogP contribution is 2.31. The van der Waals surface area contributed by atoms with Crippen molar-refractivity contribution >= 4 is 22.8 Å². The van der Waals surface area contributed by atoms with E-state index in [9.17, 15) is 9.59 Å². The third-order valence-corrected chi connectivity index (χ3v) is 5.33. The molecule has 5 heteroatoms. The van der Waals surface area contributed by atoms with Crippen molar-refractivity contribution in [3.63, 3.8) is 0 Å². The lowest BCUT2D eigenvalue weighted by atomic mass is 10.1. The van der Waals surface area contributed by atoms with Crippen molar-refractivity contribution < 1.29 is 14.3 Å². The molecule has 1 fully saturated rings. The first-order valence-corrected chi connectivity index (χ1v) is 10.3. The van der Waals surface area contributed by atoms with E-state index in [-0.39, 0.29) is 24.3 Å². The van der Waals surface area contributed by atoms with Gasteiger partial charge in [-0.25, -0.2) is 0 Å². The zero-order valence-corrected chi connectivity index (χ0v) is 16.7. The SMILES string of the molecule is CCOC(=O)CCN(C(=O)c1cn(Cc2ccccc2)c2ccccc12)C1CC1. The average Bonchev–Trinajstić information content (AvgIpc) is 3.51. The quantitative estimate of drug-likeness (QED) is 0.541. The number of fused-ring (bicyclic) bond motifs is 1. The van der Waals surface area contributed by atoms with E-state index < -0.39 is 0 Å². The molecule has 150 valence electrons. The molecular formula is C24H26N2O3. The molecule has 0 spiro atoms. The van der Waals surface area contributed by atoms with Gasteiger partial charge in [0.15, 0.2) is 0 Å². The molecule has 1 aromatic heterocycles. The van der Waals surface area contributed by atoms with Crippen LogP contribution >= 0.6 is 0 Å². The Labute approximate surface area is 170 Å². The van der Waals surface area contributed by atoms with Crippen LogP contribution in [-0.2, 0) is 16.1 Å². The fourth-order valence-corrected chi connectivity index (χ4v) is 3.76. The summed E-state index contributed by atoms with van der Waals surface area (Å²) in [7, 11) is 0. The number of esters is 1. The van der Waals surface area contributed by atoms with E-state index in [1.807, 2.05) is 47.5 Å². The highest BCUT2D eigenvalue weighted by Gasteiger charge is 2.34. The lowest BCUT2D eigenvalue weighted by Crippen LogP contribution is -2.35. The molecule has 4 rings (SSSR count). The number of aromatic nitrogens is 1. The van der Waals surface area contributed by atoms with E-state index in [0.29, 0.717) is 25.3 Å². The number of hydrogen-bond acceptors (Lipinski definition) is 3. The average molecular weight is 390 g/mol. The molecule has 2 aromatic carbocycles. The Morgan fingerprint density at radius 1 is 1.07 bits per heavy atom. The van der Waals surface area contributed by atoms with Crippen LogP contribution in [0.25, 0.3) is 10.9 Å². The molecule has 5 nitrogen and oxygen atoms in total. The Morgan fingerprint density at radius 2 is 1.79 bits per heavy atom. The highest BCUT2D eigenvalue weighted by molar-refractivity contribution is 6.07.